The van der Waals surface area contributed by atoms with Crippen molar-refractivity contribution in [3.63, 3.8) is 0 Å². The van der Waals surface area contributed by atoms with Crippen molar-refractivity contribution in [1.82, 2.24) is 15.0 Å². The van der Waals surface area contributed by atoms with E-state index in [0.29, 0.717) is 6.61 Å². The van der Waals surface area contributed by atoms with Crippen LogP contribution in [0.1, 0.15) is 0 Å². The molecule has 0 bridgehead atoms. The maximum Gasteiger partial charge on any atom is 0.127 e. The van der Waals surface area contributed by atoms with Gasteiger partial charge in [-0.25, -0.2) is 4.68 Å². The Bertz CT molecular complexity index is 441. The van der Waals surface area contributed by atoms with Gasteiger partial charge >= 0.3 is 0 Å². The number of ether oxygens (including phenoxy) is 1. The molecule has 0 unspecified atom stereocenters. The fraction of sp³-hybridized carbons (Fsp3) is 0.333. The highest BCUT2D eigenvalue weighted by Crippen LogP contribution is 2.20. The Morgan fingerprint density at radius 2 is 2.36 bits per heavy atom. The van der Waals surface area contributed by atoms with Crippen LogP contribution in [0.15, 0.2) is 22.7 Å². The molecule has 0 saturated carbocycles. The molecular formula is C9H10BrN3O. The zero-order valence-electron chi connectivity index (χ0n) is 7.77. The maximum absolute atomic E-state index is 4.99. The number of nitrogens with zero attached hydrogens (tertiary/aromatic N) is 3. The summed E-state index contributed by atoms with van der Waals surface area (Å²) in [5, 5.41) is 8.13. The lowest BCUT2D eigenvalue weighted by atomic mass is 10.3. The predicted molar refractivity (Wildman–Crippen MR) is 57.1 cm³/mol. The van der Waals surface area contributed by atoms with E-state index in [1.54, 1.807) is 7.11 Å². The van der Waals surface area contributed by atoms with Gasteiger partial charge in [0.05, 0.1) is 18.7 Å². The van der Waals surface area contributed by atoms with Crippen LogP contribution in [0.4, 0.5) is 0 Å². The molecule has 0 aliphatic heterocycles. The van der Waals surface area contributed by atoms with Crippen LogP contribution in [0.5, 0.6) is 0 Å². The summed E-state index contributed by atoms with van der Waals surface area (Å²) >= 11 is 3.43. The summed E-state index contributed by atoms with van der Waals surface area (Å²) in [5.74, 6) is 0. The van der Waals surface area contributed by atoms with Gasteiger partial charge in [-0.2, -0.15) is 0 Å². The molecule has 0 saturated heterocycles. The summed E-state index contributed by atoms with van der Waals surface area (Å²) in [7, 11) is 1.68. The molecule has 2 aromatic rings. The third-order valence-electron chi connectivity index (χ3n) is 2.00. The highest BCUT2D eigenvalue weighted by atomic mass is 79.9. The molecule has 0 N–H and O–H groups in total. The van der Waals surface area contributed by atoms with Crippen molar-refractivity contribution in [2.75, 3.05) is 13.7 Å². The first kappa shape index (κ1) is 9.61. The van der Waals surface area contributed by atoms with Crippen molar-refractivity contribution in [3.05, 3.63) is 22.7 Å². The molecule has 74 valence electrons. The zero-order chi connectivity index (χ0) is 9.97. The average Bonchev–Trinajstić information content (AvgIpc) is 2.60. The Morgan fingerprint density at radius 3 is 3.14 bits per heavy atom. The number of halogens is 1. The topological polar surface area (TPSA) is 39.9 Å². The van der Waals surface area contributed by atoms with Gasteiger partial charge in [-0.05, 0) is 28.1 Å². The van der Waals surface area contributed by atoms with Crippen LogP contribution < -0.4 is 0 Å². The molecule has 5 heteroatoms. The Morgan fingerprint density at radius 1 is 1.50 bits per heavy atom. The minimum absolute atomic E-state index is 0.644. The van der Waals surface area contributed by atoms with Crippen LogP contribution in [0, 0.1) is 0 Å². The second kappa shape index (κ2) is 4.06. The molecule has 0 fully saturated rings. The second-order valence-electron chi connectivity index (χ2n) is 2.91. The standard InChI is InChI=1S/C9H10BrN3O/c1-14-6-5-13-8-4-2-3-7(10)9(8)11-12-13/h2-4H,5-6H2,1H3. The summed E-state index contributed by atoms with van der Waals surface area (Å²) in [5.41, 5.74) is 1.92. The minimum atomic E-state index is 0.644. The van der Waals surface area contributed by atoms with Gasteiger partial charge in [-0.3, -0.25) is 0 Å². The lowest BCUT2D eigenvalue weighted by molar-refractivity contribution is 0.184. The van der Waals surface area contributed by atoms with E-state index >= 15 is 0 Å². The molecular weight excluding hydrogens is 246 g/mol. The molecule has 0 atom stereocenters. The Labute approximate surface area is 90.0 Å². The van der Waals surface area contributed by atoms with E-state index < -0.39 is 0 Å². The maximum atomic E-state index is 4.99. The van der Waals surface area contributed by atoms with Crippen LogP contribution >= 0.6 is 15.9 Å². The van der Waals surface area contributed by atoms with E-state index in [0.717, 1.165) is 22.1 Å². The van der Waals surface area contributed by atoms with Gasteiger partial charge in [0.25, 0.3) is 0 Å². The SMILES string of the molecule is COCCn1nnc2c(Br)cccc21. The largest absolute Gasteiger partial charge is 0.383 e. The fourth-order valence-electron chi connectivity index (χ4n) is 1.30. The average molecular weight is 256 g/mol. The summed E-state index contributed by atoms with van der Waals surface area (Å²) in [6.07, 6.45) is 0. The van der Waals surface area contributed by atoms with Crippen molar-refractivity contribution in [3.8, 4) is 0 Å². The molecule has 1 aromatic heterocycles. The van der Waals surface area contributed by atoms with Crippen molar-refractivity contribution < 1.29 is 4.74 Å². The number of methoxy groups -OCH3 is 1. The molecule has 14 heavy (non-hydrogen) atoms. The Balaban J connectivity index is 2.42. The third kappa shape index (κ3) is 1.65. The Kier molecular flexibility index (Phi) is 2.79. The molecule has 1 heterocycles. The summed E-state index contributed by atoms with van der Waals surface area (Å²) in [6, 6.07) is 5.92. The molecule has 4 nitrogen and oxygen atoms in total. The minimum Gasteiger partial charge on any atom is -0.383 e. The first-order valence-electron chi connectivity index (χ1n) is 4.29. The van der Waals surface area contributed by atoms with Gasteiger partial charge in [-0.1, -0.05) is 11.3 Å². The summed E-state index contributed by atoms with van der Waals surface area (Å²) in [4.78, 5) is 0. The molecule has 2 rings (SSSR count). The number of aromatic nitrogens is 3. The van der Waals surface area contributed by atoms with Crippen molar-refractivity contribution >= 4 is 27.0 Å². The van der Waals surface area contributed by atoms with E-state index in [1.807, 2.05) is 22.9 Å². The van der Waals surface area contributed by atoms with Gasteiger partial charge in [0.2, 0.25) is 0 Å². The molecule has 0 spiro atoms. The van der Waals surface area contributed by atoms with Crippen molar-refractivity contribution in [2.45, 2.75) is 6.54 Å². The smallest absolute Gasteiger partial charge is 0.127 e. The Hall–Kier alpha value is -0.940. The predicted octanol–water partition coefficient (Wildman–Crippen LogP) is 1.84. The molecule has 0 radical (unpaired) electrons. The first-order valence-corrected chi connectivity index (χ1v) is 5.09. The number of hydrogen-bond acceptors (Lipinski definition) is 3. The van der Waals surface area contributed by atoms with E-state index in [9.17, 15) is 0 Å². The van der Waals surface area contributed by atoms with Gasteiger partial charge in [0.15, 0.2) is 0 Å². The van der Waals surface area contributed by atoms with Crippen LogP contribution in [-0.2, 0) is 11.3 Å². The van der Waals surface area contributed by atoms with Crippen LogP contribution in [0.2, 0.25) is 0 Å². The molecule has 0 aliphatic rings. The molecule has 0 amide bonds. The quantitative estimate of drug-likeness (QED) is 0.841. The van der Waals surface area contributed by atoms with Gasteiger partial charge in [0.1, 0.15) is 5.52 Å². The molecule has 0 aliphatic carbocycles. The van der Waals surface area contributed by atoms with Crippen LogP contribution in [-0.4, -0.2) is 28.7 Å². The highest BCUT2D eigenvalue weighted by molar-refractivity contribution is 9.10. The van der Waals surface area contributed by atoms with Gasteiger partial charge in [0, 0.05) is 11.6 Å². The monoisotopic (exact) mass is 255 g/mol. The summed E-state index contributed by atoms with van der Waals surface area (Å²) < 4.78 is 7.80. The highest BCUT2D eigenvalue weighted by Gasteiger charge is 2.05. The second-order valence-corrected chi connectivity index (χ2v) is 3.77. The lowest BCUT2D eigenvalue weighted by Crippen LogP contribution is -2.05. The number of benzene rings is 1. The van der Waals surface area contributed by atoms with E-state index in [-0.39, 0.29) is 0 Å². The van der Waals surface area contributed by atoms with Crippen molar-refractivity contribution in [2.24, 2.45) is 0 Å². The number of hydrogen-bond donors (Lipinski definition) is 0. The lowest BCUT2D eigenvalue weighted by Gasteiger charge is -2.00. The normalized spacial score (nSPS) is 11.0. The summed E-state index contributed by atoms with van der Waals surface area (Å²) in [6.45, 7) is 1.37. The van der Waals surface area contributed by atoms with E-state index in [1.165, 1.54) is 0 Å². The van der Waals surface area contributed by atoms with Gasteiger partial charge in [-0.15, -0.1) is 5.10 Å². The van der Waals surface area contributed by atoms with E-state index in [4.69, 9.17) is 4.74 Å². The first-order chi connectivity index (χ1) is 6.83. The molecule has 1 aromatic carbocycles. The van der Waals surface area contributed by atoms with Crippen LogP contribution in [0.25, 0.3) is 11.0 Å². The van der Waals surface area contributed by atoms with E-state index in [2.05, 4.69) is 26.2 Å². The fourth-order valence-corrected chi connectivity index (χ4v) is 1.74. The number of fused-ring (bicyclic) bond motifs is 1. The zero-order valence-corrected chi connectivity index (χ0v) is 9.36. The van der Waals surface area contributed by atoms with Crippen LogP contribution in [0.3, 0.4) is 0 Å². The number of rotatable bonds is 3. The van der Waals surface area contributed by atoms with Gasteiger partial charge < -0.3 is 4.74 Å². The van der Waals surface area contributed by atoms with Crippen molar-refractivity contribution in [1.29, 1.82) is 0 Å². The third-order valence-corrected chi connectivity index (χ3v) is 2.64.